The van der Waals surface area contributed by atoms with Crippen LogP contribution >= 0.6 is 0 Å². The highest BCUT2D eigenvalue weighted by molar-refractivity contribution is 5.84. The van der Waals surface area contributed by atoms with Gasteiger partial charge in [-0.15, -0.1) is 0 Å². The fourth-order valence-electron chi connectivity index (χ4n) is 2.23. The van der Waals surface area contributed by atoms with Gasteiger partial charge >= 0.3 is 6.09 Å². The third-order valence-corrected chi connectivity index (χ3v) is 3.50. The smallest absolute Gasteiger partial charge is 0.412 e. The fraction of sp³-hybridized carbons (Fsp3) is 0.188. The number of carbonyl (C=O) groups is 1. The minimum absolute atomic E-state index is 0.331. The third kappa shape index (κ3) is 3.00. The van der Waals surface area contributed by atoms with Crippen LogP contribution in [0.3, 0.4) is 0 Å². The van der Waals surface area contributed by atoms with Crippen LogP contribution in [0.25, 0.3) is 17.0 Å². The maximum Gasteiger partial charge on any atom is 0.412 e. The summed E-state index contributed by atoms with van der Waals surface area (Å²) in [6, 6.07) is 9.55. The van der Waals surface area contributed by atoms with Crippen molar-refractivity contribution in [2.24, 2.45) is 0 Å². The number of aromatic nitrogens is 3. The van der Waals surface area contributed by atoms with Crippen LogP contribution in [0.2, 0.25) is 0 Å². The monoisotopic (exact) mass is 312 g/mol. The van der Waals surface area contributed by atoms with E-state index >= 15 is 0 Å². The molecular formula is C16H16N4O3. The van der Waals surface area contributed by atoms with Gasteiger partial charge in [-0.05, 0) is 11.6 Å². The van der Waals surface area contributed by atoms with E-state index in [1.54, 1.807) is 23.8 Å². The summed E-state index contributed by atoms with van der Waals surface area (Å²) in [5.41, 5.74) is 2.82. The average molecular weight is 312 g/mol. The molecule has 23 heavy (non-hydrogen) atoms. The molecule has 1 amide bonds. The Morgan fingerprint density at radius 3 is 2.65 bits per heavy atom. The summed E-state index contributed by atoms with van der Waals surface area (Å²) in [6.45, 7) is 0.567. The quantitative estimate of drug-likeness (QED) is 0.801. The lowest BCUT2D eigenvalue weighted by Crippen LogP contribution is -2.24. The lowest BCUT2D eigenvalue weighted by Gasteiger charge is -2.10. The number of benzene rings is 1. The van der Waals surface area contributed by atoms with E-state index < -0.39 is 6.09 Å². The SMILES string of the molecule is COCc1ccc(-c2cn3ccc(N(C)C(=O)O)nc3n2)cc1. The lowest BCUT2D eigenvalue weighted by atomic mass is 10.1. The summed E-state index contributed by atoms with van der Waals surface area (Å²) >= 11 is 0. The van der Waals surface area contributed by atoms with Gasteiger partial charge in [-0.25, -0.2) is 9.78 Å². The molecule has 0 spiro atoms. The molecule has 2 heterocycles. The third-order valence-electron chi connectivity index (χ3n) is 3.50. The van der Waals surface area contributed by atoms with E-state index in [9.17, 15) is 4.79 Å². The molecule has 1 N–H and O–H groups in total. The van der Waals surface area contributed by atoms with Crippen molar-refractivity contribution in [3.63, 3.8) is 0 Å². The first-order valence-electron chi connectivity index (χ1n) is 6.99. The van der Waals surface area contributed by atoms with Gasteiger partial charge in [0.2, 0.25) is 5.78 Å². The van der Waals surface area contributed by atoms with Crippen LogP contribution < -0.4 is 4.90 Å². The van der Waals surface area contributed by atoms with E-state index in [2.05, 4.69) is 9.97 Å². The van der Waals surface area contributed by atoms with Gasteiger partial charge in [0.15, 0.2) is 0 Å². The Hall–Kier alpha value is -2.93. The van der Waals surface area contributed by atoms with Crippen LogP contribution in [0.4, 0.5) is 10.6 Å². The molecule has 0 radical (unpaired) electrons. The molecule has 0 fully saturated rings. The molecular weight excluding hydrogens is 296 g/mol. The molecule has 7 nitrogen and oxygen atoms in total. The first-order chi connectivity index (χ1) is 11.1. The number of hydrogen-bond donors (Lipinski definition) is 1. The molecule has 1 aromatic carbocycles. The number of ether oxygens (including phenoxy) is 1. The first kappa shape index (κ1) is 15.0. The number of hydrogen-bond acceptors (Lipinski definition) is 4. The van der Waals surface area contributed by atoms with Crippen molar-refractivity contribution in [2.45, 2.75) is 6.61 Å². The molecule has 0 aliphatic rings. The lowest BCUT2D eigenvalue weighted by molar-refractivity contribution is 0.185. The topological polar surface area (TPSA) is 80.0 Å². The number of amides is 1. The zero-order valence-corrected chi connectivity index (χ0v) is 12.8. The van der Waals surface area contributed by atoms with Gasteiger partial charge in [-0.3, -0.25) is 9.30 Å². The van der Waals surface area contributed by atoms with Gasteiger partial charge in [0.05, 0.1) is 12.3 Å². The number of fused-ring (bicyclic) bond motifs is 1. The van der Waals surface area contributed by atoms with Gasteiger partial charge in [0, 0.05) is 32.1 Å². The Labute approximate surface area is 132 Å². The molecule has 3 aromatic rings. The molecule has 7 heteroatoms. The van der Waals surface area contributed by atoms with Gasteiger partial charge in [0.25, 0.3) is 0 Å². The van der Waals surface area contributed by atoms with E-state index in [4.69, 9.17) is 9.84 Å². The van der Waals surface area contributed by atoms with E-state index in [-0.39, 0.29) is 0 Å². The normalized spacial score (nSPS) is 10.9. The standard InChI is InChI=1S/C16H16N4O3/c1-19(16(21)22)14-7-8-20-9-13(17-15(20)18-14)12-5-3-11(4-6-12)10-23-2/h3-9H,10H2,1-2H3,(H,21,22). The maximum atomic E-state index is 11.0. The van der Waals surface area contributed by atoms with Crippen molar-refractivity contribution in [1.82, 2.24) is 14.4 Å². The van der Waals surface area contributed by atoms with Crippen LogP contribution in [0.5, 0.6) is 0 Å². The first-order valence-corrected chi connectivity index (χ1v) is 6.99. The van der Waals surface area contributed by atoms with E-state index in [0.29, 0.717) is 18.2 Å². The number of anilines is 1. The predicted octanol–water partition coefficient (Wildman–Crippen LogP) is 2.66. The number of rotatable bonds is 4. The molecule has 3 rings (SSSR count). The second kappa shape index (κ2) is 6.05. The van der Waals surface area contributed by atoms with E-state index in [1.165, 1.54) is 7.05 Å². The van der Waals surface area contributed by atoms with Crippen molar-refractivity contribution in [2.75, 3.05) is 19.1 Å². The molecule has 0 aliphatic heterocycles. The molecule has 0 bridgehead atoms. The number of carboxylic acid groups (broad SMARTS) is 1. The maximum absolute atomic E-state index is 11.0. The molecule has 0 atom stereocenters. The second-order valence-corrected chi connectivity index (χ2v) is 5.09. The second-order valence-electron chi connectivity index (χ2n) is 5.09. The molecule has 0 unspecified atom stereocenters. The number of imidazole rings is 1. The summed E-state index contributed by atoms with van der Waals surface area (Å²) in [6.07, 6.45) is 2.54. The van der Waals surface area contributed by atoms with Crippen LogP contribution in [-0.2, 0) is 11.3 Å². The molecule has 2 aromatic heterocycles. The Morgan fingerprint density at radius 1 is 1.26 bits per heavy atom. The Morgan fingerprint density at radius 2 is 2.00 bits per heavy atom. The molecule has 0 aliphatic carbocycles. The Kier molecular flexibility index (Phi) is 3.94. The summed E-state index contributed by atoms with van der Waals surface area (Å²) in [5.74, 6) is 0.782. The van der Waals surface area contributed by atoms with Crippen LogP contribution in [-0.4, -0.2) is 39.7 Å². The van der Waals surface area contributed by atoms with Gasteiger partial charge in [0.1, 0.15) is 5.82 Å². The van der Waals surface area contributed by atoms with Crippen LogP contribution in [0.1, 0.15) is 5.56 Å². The average Bonchev–Trinajstić information content (AvgIpc) is 2.98. The summed E-state index contributed by atoms with van der Waals surface area (Å²) in [5, 5.41) is 9.01. The highest BCUT2D eigenvalue weighted by atomic mass is 16.5. The molecule has 118 valence electrons. The van der Waals surface area contributed by atoms with Crippen LogP contribution in [0, 0.1) is 0 Å². The van der Waals surface area contributed by atoms with E-state index in [0.717, 1.165) is 21.7 Å². The summed E-state index contributed by atoms with van der Waals surface area (Å²) in [7, 11) is 3.10. The highest BCUT2D eigenvalue weighted by Crippen LogP contribution is 2.20. The van der Waals surface area contributed by atoms with Crippen molar-refractivity contribution in [3.05, 3.63) is 48.3 Å². The van der Waals surface area contributed by atoms with E-state index in [1.807, 2.05) is 30.5 Å². The number of nitrogens with zero attached hydrogens (tertiary/aromatic N) is 4. The zero-order valence-electron chi connectivity index (χ0n) is 12.8. The van der Waals surface area contributed by atoms with Crippen molar-refractivity contribution < 1.29 is 14.6 Å². The fourth-order valence-corrected chi connectivity index (χ4v) is 2.23. The highest BCUT2D eigenvalue weighted by Gasteiger charge is 2.12. The van der Waals surface area contributed by atoms with Gasteiger partial charge in [-0.2, -0.15) is 4.98 Å². The molecule has 0 saturated heterocycles. The largest absolute Gasteiger partial charge is 0.465 e. The van der Waals surface area contributed by atoms with Crippen molar-refractivity contribution >= 4 is 17.7 Å². The Bertz CT molecular complexity index is 842. The minimum atomic E-state index is -1.07. The summed E-state index contributed by atoms with van der Waals surface area (Å²) < 4.78 is 6.86. The molecule has 0 saturated carbocycles. The van der Waals surface area contributed by atoms with Gasteiger partial charge in [-0.1, -0.05) is 24.3 Å². The number of methoxy groups -OCH3 is 1. The van der Waals surface area contributed by atoms with Crippen LogP contribution in [0.15, 0.2) is 42.7 Å². The van der Waals surface area contributed by atoms with Gasteiger partial charge < -0.3 is 9.84 Å². The zero-order chi connectivity index (χ0) is 16.4. The van der Waals surface area contributed by atoms with Crippen molar-refractivity contribution in [3.8, 4) is 11.3 Å². The van der Waals surface area contributed by atoms with Crippen molar-refractivity contribution in [1.29, 1.82) is 0 Å². The minimum Gasteiger partial charge on any atom is -0.465 e. The predicted molar refractivity (Wildman–Crippen MR) is 85.6 cm³/mol. The Balaban J connectivity index is 1.94. The summed E-state index contributed by atoms with van der Waals surface area (Å²) in [4.78, 5) is 20.8.